The summed E-state index contributed by atoms with van der Waals surface area (Å²) in [6.45, 7) is 4.50. The molecule has 1 aliphatic carbocycles. The molecule has 1 N–H and O–H groups in total. The Bertz CT molecular complexity index is 970. The van der Waals surface area contributed by atoms with E-state index >= 15 is 0 Å². The van der Waals surface area contributed by atoms with Crippen LogP contribution in [0, 0.1) is 6.92 Å². The molecule has 1 saturated heterocycles. The van der Waals surface area contributed by atoms with Crippen molar-refractivity contribution in [3.63, 3.8) is 0 Å². The minimum atomic E-state index is -0.448. The van der Waals surface area contributed by atoms with Crippen molar-refractivity contribution in [1.82, 2.24) is 4.90 Å². The number of rotatable bonds is 7. The molecule has 156 valence electrons. The first-order chi connectivity index (χ1) is 14.5. The molecule has 0 unspecified atom stereocenters. The molecule has 1 saturated carbocycles. The summed E-state index contributed by atoms with van der Waals surface area (Å²) in [6, 6.07) is 15.3. The first-order valence-corrected chi connectivity index (χ1v) is 11.1. The maximum absolute atomic E-state index is 13.0. The Hall–Kier alpha value is -2.80. The highest BCUT2D eigenvalue weighted by Crippen LogP contribution is 2.39. The molecule has 6 nitrogen and oxygen atoms in total. The van der Waals surface area contributed by atoms with Gasteiger partial charge in [-0.05, 0) is 62.6 Å². The van der Waals surface area contributed by atoms with E-state index < -0.39 is 5.25 Å². The predicted octanol–water partition coefficient (Wildman–Crippen LogP) is 4.52. The molecule has 2 aromatic carbocycles. The Morgan fingerprint density at radius 3 is 2.60 bits per heavy atom. The Morgan fingerprint density at radius 1 is 1.20 bits per heavy atom. The zero-order chi connectivity index (χ0) is 21.1. The van der Waals surface area contributed by atoms with E-state index in [1.165, 1.54) is 11.8 Å². The average molecular weight is 424 g/mol. The molecule has 2 aliphatic rings. The summed E-state index contributed by atoms with van der Waals surface area (Å²) in [5, 5.41) is 3.16. The van der Waals surface area contributed by atoms with Gasteiger partial charge in [-0.1, -0.05) is 30.0 Å². The number of anilines is 1. The van der Waals surface area contributed by atoms with Crippen molar-refractivity contribution in [2.24, 2.45) is 4.99 Å². The van der Waals surface area contributed by atoms with E-state index in [0.717, 1.165) is 35.5 Å². The van der Waals surface area contributed by atoms with Gasteiger partial charge in [0.1, 0.15) is 11.0 Å². The number of benzene rings is 2. The number of nitrogens with zero attached hydrogens (tertiary/aromatic N) is 2. The molecule has 0 radical (unpaired) electrons. The molecular weight excluding hydrogens is 398 g/mol. The number of hydrogen-bond acceptors (Lipinski definition) is 5. The summed E-state index contributed by atoms with van der Waals surface area (Å²) in [7, 11) is 0. The van der Waals surface area contributed by atoms with Gasteiger partial charge in [0.15, 0.2) is 5.17 Å². The quantitative estimate of drug-likeness (QED) is 0.711. The lowest BCUT2D eigenvalue weighted by molar-refractivity contribution is -0.128. The number of ether oxygens (including phenoxy) is 1. The molecule has 2 amide bonds. The number of nitrogens with one attached hydrogen (secondary N) is 1. The first-order valence-electron chi connectivity index (χ1n) is 10.2. The molecule has 1 aliphatic heterocycles. The molecule has 4 rings (SSSR count). The highest BCUT2D eigenvalue weighted by molar-refractivity contribution is 8.15. The Labute approximate surface area is 180 Å². The van der Waals surface area contributed by atoms with Gasteiger partial charge in [0.05, 0.1) is 12.3 Å². The zero-order valence-corrected chi connectivity index (χ0v) is 17.9. The van der Waals surface area contributed by atoms with Crippen LogP contribution >= 0.6 is 11.8 Å². The molecule has 1 atom stereocenters. The smallest absolute Gasteiger partial charge is 0.242 e. The largest absolute Gasteiger partial charge is 0.494 e. The van der Waals surface area contributed by atoms with Crippen LogP contribution in [0.15, 0.2) is 53.5 Å². The van der Waals surface area contributed by atoms with Crippen LogP contribution in [0.4, 0.5) is 11.4 Å². The highest BCUT2D eigenvalue weighted by atomic mass is 32.2. The molecule has 0 aromatic heterocycles. The standard InChI is InChI=1S/C23H25N3O3S/c1-3-29-18-12-8-16(9-13-18)24-23-26(17-10-11-17)22(28)20(30-23)14-21(27)25-19-7-5-4-6-15(19)2/h4-9,12-13,17,20H,3,10-11,14H2,1-2H3,(H,25,27)/t20-/m0/s1. The summed E-state index contributed by atoms with van der Waals surface area (Å²) in [4.78, 5) is 32.1. The molecule has 0 bridgehead atoms. The summed E-state index contributed by atoms with van der Waals surface area (Å²) >= 11 is 1.38. The summed E-state index contributed by atoms with van der Waals surface area (Å²) in [6.07, 6.45) is 2.09. The van der Waals surface area contributed by atoms with Gasteiger partial charge in [-0.3, -0.25) is 14.5 Å². The van der Waals surface area contributed by atoms with Crippen molar-refractivity contribution in [2.45, 2.75) is 44.4 Å². The fourth-order valence-electron chi connectivity index (χ4n) is 3.34. The predicted molar refractivity (Wildman–Crippen MR) is 120 cm³/mol. The second-order valence-corrected chi connectivity index (χ2v) is 8.60. The van der Waals surface area contributed by atoms with Crippen molar-refractivity contribution in [3.8, 4) is 5.75 Å². The molecular formula is C23H25N3O3S. The van der Waals surface area contributed by atoms with E-state index in [-0.39, 0.29) is 24.3 Å². The summed E-state index contributed by atoms with van der Waals surface area (Å²) in [5.74, 6) is 0.613. The van der Waals surface area contributed by atoms with E-state index in [1.54, 1.807) is 4.90 Å². The number of aliphatic imine (C=N–C) groups is 1. The van der Waals surface area contributed by atoms with E-state index in [1.807, 2.05) is 62.4 Å². The van der Waals surface area contributed by atoms with Gasteiger partial charge in [0.25, 0.3) is 0 Å². The molecule has 30 heavy (non-hydrogen) atoms. The van der Waals surface area contributed by atoms with Crippen LogP contribution in [0.25, 0.3) is 0 Å². The lowest BCUT2D eigenvalue weighted by Crippen LogP contribution is -2.35. The van der Waals surface area contributed by atoms with Crippen LogP contribution in [0.5, 0.6) is 5.75 Å². The second-order valence-electron chi connectivity index (χ2n) is 7.43. The van der Waals surface area contributed by atoms with Crippen LogP contribution in [0.2, 0.25) is 0 Å². The third-order valence-electron chi connectivity index (χ3n) is 5.04. The highest BCUT2D eigenvalue weighted by Gasteiger charge is 2.46. The van der Waals surface area contributed by atoms with Gasteiger partial charge in [-0.25, -0.2) is 4.99 Å². The Morgan fingerprint density at radius 2 is 1.93 bits per heavy atom. The van der Waals surface area contributed by atoms with Crippen LogP contribution < -0.4 is 10.1 Å². The maximum atomic E-state index is 13.0. The van der Waals surface area contributed by atoms with Gasteiger partial charge in [0, 0.05) is 18.2 Å². The third-order valence-corrected chi connectivity index (χ3v) is 6.19. The molecule has 1 heterocycles. The zero-order valence-electron chi connectivity index (χ0n) is 17.1. The number of amides is 2. The average Bonchev–Trinajstić information content (AvgIpc) is 3.51. The van der Waals surface area contributed by atoms with Crippen molar-refractivity contribution in [1.29, 1.82) is 0 Å². The van der Waals surface area contributed by atoms with Crippen LogP contribution in [-0.4, -0.2) is 39.8 Å². The van der Waals surface area contributed by atoms with Gasteiger partial charge < -0.3 is 10.1 Å². The number of carbonyl (C=O) groups is 2. The maximum Gasteiger partial charge on any atom is 0.242 e. The molecule has 7 heteroatoms. The van der Waals surface area contributed by atoms with Crippen molar-refractivity contribution in [3.05, 3.63) is 54.1 Å². The lowest BCUT2D eigenvalue weighted by atomic mass is 10.2. The van der Waals surface area contributed by atoms with Crippen molar-refractivity contribution < 1.29 is 14.3 Å². The van der Waals surface area contributed by atoms with Gasteiger partial charge in [0.2, 0.25) is 11.8 Å². The fourth-order valence-corrected chi connectivity index (χ4v) is 4.55. The SMILES string of the molecule is CCOc1ccc(N=C2S[C@@H](CC(=O)Nc3ccccc3C)C(=O)N2C2CC2)cc1. The number of amidine groups is 1. The molecule has 0 spiro atoms. The topological polar surface area (TPSA) is 71.0 Å². The summed E-state index contributed by atoms with van der Waals surface area (Å²) in [5.41, 5.74) is 2.54. The minimum absolute atomic E-state index is 0.0212. The third kappa shape index (κ3) is 4.67. The van der Waals surface area contributed by atoms with Crippen LogP contribution in [-0.2, 0) is 9.59 Å². The van der Waals surface area contributed by atoms with E-state index in [9.17, 15) is 9.59 Å². The monoisotopic (exact) mass is 423 g/mol. The van der Waals surface area contributed by atoms with Crippen LogP contribution in [0.3, 0.4) is 0 Å². The number of thioether (sulfide) groups is 1. The second kappa shape index (κ2) is 8.92. The Kier molecular flexibility index (Phi) is 6.08. The molecule has 2 fully saturated rings. The van der Waals surface area contributed by atoms with Crippen molar-refractivity contribution >= 4 is 40.1 Å². The fraction of sp³-hybridized carbons (Fsp3) is 0.348. The minimum Gasteiger partial charge on any atom is -0.494 e. The van der Waals surface area contributed by atoms with Gasteiger partial charge >= 0.3 is 0 Å². The van der Waals surface area contributed by atoms with Crippen LogP contribution in [0.1, 0.15) is 31.7 Å². The number of carbonyl (C=O) groups excluding carboxylic acids is 2. The van der Waals surface area contributed by atoms with Gasteiger partial charge in [-0.2, -0.15) is 0 Å². The number of para-hydroxylation sites is 1. The van der Waals surface area contributed by atoms with Crippen molar-refractivity contribution in [2.75, 3.05) is 11.9 Å². The molecule has 2 aromatic rings. The number of hydrogen-bond donors (Lipinski definition) is 1. The number of aryl methyl sites for hydroxylation is 1. The summed E-state index contributed by atoms with van der Waals surface area (Å²) < 4.78 is 5.47. The van der Waals surface area contributed by atoms with E-state index in [2.05, 4.69) is 5.32 Å². The van der Waals surface area contributed by atoms with Gasteiger partial charge in [-0.15, -0.1) is 0 Å². The van der Waals surface area contributed by atoms with E-state index in [4.69, 9.17) is 9.73 Å². The van der Waals surface area contributed by atoms with E-state index in [0.29, 0.717) is 11.8 Å². The first kappa shape index (κ1) is 20.5. The Balaban J connectivity index is 1.47. The lowest BCUT2D eigenvalue weighted by Gasteiger charge is -2.15. The normalized spacial score (nSPS) is 19.9.